The Labute approximate surface area is 182 Å². The summed E-state index contributed by atoms with van der Waals surface area (Å²) in [4.78, 5) is 2.35. The summed E-state index contributed by atoms with van der Waals surface area (Å²) in [6.45, 7) is 6.23. The van der Waals surface area contributed by atoms with Crippen LogP contribution in [0.4, 0.5) is 0 Å². The maximum atomic E-state index is 10.1. The smallest absolute Gasteiger partial charge is 0.160 e. The standard InChI is InChI=1S/C26H36N2O2/c1-6-15-26(20-27,23-11-8-7-10-21(23)2)16-9-17-28(3)18-14-22-12-13-24(29-4)25(19-22)30-5/h7-8,10-13,19H,6,9,14-18H2,1-5H3. The Bertz CT molecular complexity index is 843. The minimum atomic E-state index is -0.385. The van der Waals surface area contributed by atoms with Crippen molar-refractivity contribution in [1.82, 2.24) is 4.90 Å². The highest BCUT2D eigenvalue weighted by molar-refractivity contribution is 5.43. The normalized spacial score (nSPS) is 13.0. The molecule has 4 nitrogen and oxygen atoms in total. The summed E-state index contributed by atoms with van der Waals surface area (Å²) in [5.74, 6) is 1.53. The van der Waals surface area contributed by atoms with Gasteiger partial charge in [0.2, 0.25) is 0 Å². The van der Waals surface area contributed by atoms with Crippen molar-refractivity contribution in [2.75, 3.05) is 34.4 Å². The van der Waals surface area contributed by atoms with Crippen LogP contribution in [0.2, 0.25) is 0 Å². The van der Waals surface area contributed by atoms with Crippen molar-refractivity contribution in [1.29, 1.82) is 5.26 Å². The number of hydrogen-bond acceptors (Lipinski definition) is 4. The second-order valence-electron chi connectivity index (χ2n) is 8.10. The molecule has 162 valence electrons. The Hall–Kier alpha value is -2.51. The quantitative estimate of drug-likeness (QED) is 0.463. The maximum absolute atomic E-state index is 10.1. The van der Waals surface area contributed by atoms with Crippen LogP contribution in [0.15, 0.2) is 42.5 Å². The number of hydrogen-bond donors (Lipinski definition) is 0. The van der Waals surface area contributed by atoms with Crippen LogP contribution in [0.5, 0.6) is 11.5 Å². The fraction of sp³-hybridized carbons (Fsp3) is 0.500. The van der Waals surface area contributed by atoms with E-state index in [2.05, 4.69) is 62.2 Å². The van der Waals surface area contributed by atoms with Crippen molar-refractivity contribution in [2.24, 2.45) is 0 Å². The number of nitrogens with zero attached hydrogens (tertiary/aromatic N) is 2. The highest BCUT2D eigenvalue weighted by Crippen LogP contribution is 2.35. The first-order valence-electron chi connectivity index (χ1n) is 10.9. The van der Waals surface area contributed by atoms with Gasteiger partial charge in [-0.05, 0) is 75.0 Å². The van der Waals surface area contributed by atoms with Gasteiger partial charge in [-0.2, -0.15) is 5.26 Å². The molecule has 0 aliphatic rings. The Balaban J connectivity index is 1.94. The molecule has 1 atom stereocenters. The van der Waals surface area contributed by atoms with Crippen molar-refractivity contribution in [3.63, 3.8) is 0 Å². The Kier molecular flexibility index (Phi) is 9.20. The van der Waals surface area contributed by atoms with Crippen LogP contribution in [-0.2, 0) is 11.8 Å². The van der Waals surface area contributed by atoms with Gasteiger partial charge in [0, 0.05) is 6.54 Å². The zero-order valence-corrected chi connectivity index (χ0v) is 19.2. The first kappa shape index (κ1) is 23.8. The number of benzene rings is 2. The van der Waals surface area contributed by atoms with Gasteiger partial charge in [-0.15, -0.1) is 0 Å². The van der Waals surface area contributed by atoms with Gasteiger partial charge in [0.05, 0.1) is 25.7 Å². The number of aryl methyl sites for hydroxylation is 1. The molecule has 1 unspecified atom stereocenters. The van der Waals surface area contributed by atoms with E-state index < -0.39 is 0 Å². The van der Waals surface area contributed by atoms with E-state index in [1.807, 2.05) is 12.1 Å². The number of methoxy groups -OCH3 is 2. The first-order valence-corrected chi connectivity index (χ1v) is 10.9. The molecule has 0 aliphatic heterocycles. The largest absolute Gasteiger partial charge is 0.493 e. The SMILES string of the molecule is CCCC(C#N)(CCCN(C)CCc1ccc(OC)c(OC)c1)c1ccccc1C. The molecule has 0 heterocycles. The van der Waals surface area contributed by atoms with Crippen molar-refractivity contribution >= 4 is 0 Å². The zero-order chi connectivity index (χ0) is 22.0. The Morgan fingerprint density at radius 2 is 1.73 bits per heavy atom. The van der Waals surface area contributed by atoms with E-state index >= 15 is 0 Å². The van der Waals surface area contributed by atoms with Crippen LogP contribution in [0.3, 0.4) is 0 Å². The fourth-order valence-corrected chi connectivity index (χ4v) is 4.22. The van der Waals surface area contributed by atoms with Crippen LogP contribution in [0.25, 0.3) is 0 Å². The van der Waals surface area contributed by atoms with Gasteiger partial charge < -0.3 is 14.4 Å². The highest BCUT2D eigenvalue weighted by atomic mass is 16.5. The van der Waals surface area contributed by atoms with Gasteiger partial charge >= 0.3 is 0 Å². The average Bonchev–Trinajstić information content (AvgIpc) is 2.77. The molecule has 2 aromatic rings. The molecule has 0 aromatic heterocycles. The molecule has 2 rings (SSSR count). The summed E-state index contributed by atoms with van der Waals surface area (Å²) >= 11 is 0. The van der Waals surface area contributed by atoms with E-state index in [0.717, 1.165) is 56.7 Å². The van der Waals surface area contributed by atoms with E-state index in [-0.39, 0.29) is 5.41 Å². The second-order valence-corrected chi connectivity index (χ2v) is 8.10. The number of rotatable bonds is 12. The summed E-state index contributed by atoms with van der Waals surface area (Å²) in [7, 11) is 5.48. The molecule has 0 bridgehead atoms. The fourth-order valence-electron chi connectivity index (χ4n) is 4.22. The number of likely N-dealkylation sites (N-methyl/N-ethyl adjacent to an activating group) is 1. The molecule has 0 radical (unpaired) electrons. The highest BCUT2D eigenvalue weighted by Gasteiger charge is 2.32. The van der Waals surface area contributed by atoms with Crippen LogP contribution in [-0.4, -0.2) is 39.3 Å². The van der Waals surface area contributed by atoms with Gasteiger partial charge in [-0.25, -0.2) is 0 Å². The summed E-state index contributed by atoms with van der Waals surface area (Å²) in [6.07, 6.45) is 4.76. The van der Waals surface area contributed by atoms with E-state index in [0.29, 0.717) is 0 Å². The molecule has 0 aliphatic carbocycles. The Morgan fingerprint density at radius 3 is 2.37 bits per heavy atom. The van der Waals surface area contributed by atoms with E-state index in [1.54, 1.807) is 14.2 Å². The van der Waals surface area contributed by atoms with Gasteiger partial charge in [0.15, 0.2) is 11.5 Å². The average molecular weight is 409 g/mol. The molecular formula is C26H36N2O2. The van der Waals surface area contributed by atoms with Crippen molar-refractivity contribution in [2.45, 2.75) is 51.4 Å². The van der Waals surface area contributed by atoms with Crippen LogP contribution < -0.4 is 9.47 Å². The van der Waals surface area contributed by atoms with Crippen molar-refractivity contribution < 1.29 is 9.47 Å². The maximum Gasteiger partial charge on any atom is 0.160 e. The molecule has 0 saturated heterocycles. The van der Waals surface area contributed by atoms with Gasteiger partial charge in [-0.3, -0.25) is 0 Å². The van der Waals surface area contributed by atoms with Gasteiger partial charge in [-0.1, -0.05) is 43.7 Å². The minimum absolute atomic E-state index is 0.385. The van der Waals surface area contributed by atoms with Gasteiger partial charge in [0.1, 0.15) is 0 Å². The summed E-state index contributed by atoms with van der Waals surface area (Å²) in [5.41, 5.74) is 3.26. The second kappa shape index (κ2) is 11.6. The molecule has 0 spiro atoms. The monoisotopic (exact) mass is 408 g/mol. The minimum Gasteiger partial charge on any atom is -0.493 e. The third kappa shape index (κ3) is 6.00. The Morgan fingerprint density at radius 1 is 1.00 bits per heavy atom. The molecular weight excluding hydrogens is 372 g/mol. The topological polar surface area (TPSA) is 45.5 Å². The molecule has 0 saturated carbocycles. The number of ether oxygens (including phenoxy) is 2. The lowest BCUT2D eigenvalue weighted by Gasteiger charge is -2.29. The third-order valence-electron chi connectivity index (χ3n) is 5.92. The lowest BCUT2D eigenvalue weighted by atomic mass is 9.73. The van der Waals surface area contributed by atoms with E-state index in [9.17, 15) is 5.26 Å². The van der Waals surface area contributed by atoms with E-state index in [1.165, 1.54) is 16.7 Å². The number of nitriles is 1. The summed E-state index contributed by atoms with van der Waals surface area (Å²) in [5, 5.41) is 10.1. The summed E-state index contributed by atoms with van der Waals surface area (Å²) < 4.78 is 10.7. The molecule has 0 amide bonds. The third-order valence-corrected chi connectivity index (χ3v) is 5.92. The predicted octanol–water partition coefficient (Wildman–Crippen LogP) is 5.53. The molecule has 2 aromatic carbocycles. The van der Waals surface area contributed by atoms with Crippen LogP contribution >= 0.6 is 0 Å². The van der Waals surface area contributed by atoms with Crippen molar-refractivity contribution in [3.05, 3.63) is 59.2 Å². The van der Waals surface area contributed by atoms with Crippen LogP contribution in [0.1, 0.15) is 49.3 Å². The molecule has 4 heteroatoms. The van der Waals surface area contributed by atoms with Crippen molar-refractivity contribution in [3.8, 4) is 17.6 Å². The molecule has 30 heavy (non-hydrogen) atoms. The summed E-state index contributed by atoms with van der Waals surface area (Å²) in [6, 6.07) is 17.1. The van der Waals surface area contributed by atoms with Crippen LogP contribution in [0, 0.1) is 18.3 Å². The molecule has 0 fully saturated rings. The van der Waals surface area contributed by atoms with E-state index in [4.69, 9.17) is 9.47 Å². The first-order chi connectivity index (χ1) is 14.5. The zero-order valence-electron chi connectivity index (χ0n) is 19.2. The predicted molar refractivity (Wildman–Crippen MR) is 123 cm³/mol. The lowest BCUT2D eigenvalue weighted by molar-refractivity contribution is 0.311. The lowest BCUT2D eigenvalue weighted by Crippen LogP contribution is -2.28. The molecule has 0 N–H and O–H groups in total. The van der Waals surface area contributed by atoms with Gasteiger partial charge in [0.25, 0.3) is 0 Å².